The molecule has 0 aromatic heterocycles. The van der Waals surface area contributed by atoms with Crippen LogP contribution in [0.15, 0.2) is 24.3 Å². The number of nitrogens with two attached hydrogens (primary N) is 1. The number of rotatable bonds is 3. The van der Waals surface area contributed by atoms with Gasteiger partial charge in [0.1, 0.15) is 6.10 Å². The van der Waals surface area contributed by atoms with Crippen molar-refractivity contribution in [1.29, 1.82) is 0 Å². The van der Waals surface area contributed by atoms with E-state index in [0.29, 0.717) is 6.54 Å². The number of aliphatic hydroxyl groups is 2. The summed E-state index contributed by atoms with van der Waals surface area (Å²) in [6.45, 7) is 0.247. The molecule has 0 aliphatic rings. The van der Waals surface area contributed by atoms with E-state index in [4.69, 9.17) is 10.8 Å². The Balaban J connectivity index is 2.77. The van der Waals surface area contributed by atoms with Crippen molar-refractivity contribution in [2.75, 3.05) is 6.61 Å². The molecule has 0 spiro atoms. The predicted molar refractivity (Wildman–Crippen MR) is 46.4 cm³/mol. The minimum atomic E-state index is -0.781. The van der Waals surface area contributed by atoms with Crippen LogP contribution in [0.2, 0.25) is 0 Å². The topological polar surface area (TPSA) is 66.5 Å². The van der Waals surface area contributed by atoms with Gasteiger partial charge >= 0.3 is 0 Å². The molecule has 0 bridgehead atoms. The summed E-state index contributed by atoms with van der Waals surface area (Å²) in [5.74, 6) is 0. The Hall–Kier alpha value is -0.900. The fourth-order valence-corrected chi connectivity index (χ4v) is 0.981. The van der Waals surface area contributed by atoms with E-state index in [9.17, 15) is 5.11 Å². The molecule has 0 saturated carbocycles. The third-order valence-electron chi connectivity index (χ3n) is 1.77. The number of aliphatic hydroxyl groups excluding tert-OH is 2. The van der Waals surface area contributed by atoms with Gasteiger partial charge in [-0.1, -0.05) is 24.3 Å². The molecule has 0 aliphatic carbocycles. The van der Waals surface area contributed by atoms with Crippen molar-refractivity contribution in [2.45, 2.75) is 12.6 Å². The molecule has 1 rings (SSSR count). The molecule has 3 nitrogen and oxygen atoms in total. The van der Waals surface area contributed by atoms with Crippen LogP contribution in [0.4, 0.5) is 0 Å². The van der Waals surface area contributed by atoms with Gasteiger partial charge < -0.3 is 15.9 Å². The van der Waals surface area contributed by atoms with Crippen LogP contribution in [-0.2, 0) is 6.54 Å². The van der Waals surface area contributed by atoms with Crippen molar-refractivity contribution in [2.24, 2.45) is 5.73 Å². The number of benzene rings is 1. The van der Waals surface area contributed by atoms with E-state index in [2.05, 4.69) is 0 Å². The molecule has 3 heteroatoms. The molecule has 0 fully saturated rings. The molecule has 0 saturated heterocycles. The monoisotopic (exact) mass is 167 g/mol. The van der Waals surface area contributed by atoms with Gasteiger partial charge in [-0.2, -0.15) is 0 Å². The number of hydrogen-bond donors (Lipinski definition) is 3. The normalized spacial score (nSPS) is 12.9. The molecule has 1 aromatic carbocycles. The van der Waals surface area contributed by atoms with Crippen LogP contribution in [0.25, 0.3) is 0 Å². The lowest BCUT2D eigenvalue weighted by atomic mass is 10.1. The zero-order valence-corrected chi connectivity index (χ0v) is 6.77. The van der Waals surface area contributed by atoms with Crippen molar-refractivity contribution in [1.82, 2.24) is 0 Å². The van der Waals surface area contributed by atoms with Crippen LogP contribution in [0, 0.1) is 0 Å². The summed E-state index contributed by atoms with van der Waals surface area (Å²) < 4.78 is 0. The molecule has 0 radical (unpaired) electrons. The standard InChI is InChI=1S/C9H13NO2/c10-5-7-1-3-8(4-2-7)9(12)6-11/h1-4,9,11-12H,5-6,10H2. The van der Waals surface area contributed by atoms with Gasteiger partial charge in [-0.05, 0) is 11.1 Å². The highest BCUT2D eigenvalue weighted by Crippen LogP contribution is 2.12. The van der Waals surface area contributed by atoms with Gasteiger partial charge in [0.25, 0.3) is 0 Å². The SMILES string of the molecule is NCc1ccc(C(O)CO)cc1. The first-order valence-electron chi connectivity index (χ1n) is 3.85. The molecule has 1 unspecified atom stereocenters. The van der Waals surface area contributed by atoms with Crippen LogP contribution in [0.1, 0.15) is 17.2 Å². The van der Waals surface area contributed by atoms with Crippen LogP contribution < -0.4 is 5.73 Å². The van der Waals surface area contributed by atoms with Crippen molar-refractivity contribution in [3.05, 3.63) is 35.4 Å². The van der Waals surface area contributed by atoms with Crippen LogP contribution in [0.3, 0.4) is 0 Å². The summed E-state index contributed by atoms with van der Waals surface area (Å²) in [6.07, 6.45) is -0.781. The van der Waals surface area contributed by atoms with Crippen molar-refractivity contribution in [3.8, 4) is 0 Å². The minimum Gasteiger partial charge on any atom is -0.393 e. The average molecular weight is 167 g/mol. The maximum absolute atomic E-state index is 9.21. The third kappa shape index (κ3) is 2.04. The minimum absolute atomic E-state index is 0.248. The molecule has 66 valence electrons. The summed E-state index contributed by atoms with van der Waals surface area (Å²) in [7, 11) is 0. The fraction of sp³-hybridized carbons (Fsp3) is 0.333. The molecule has 0 heterocycles. The first-order valence-corrected chi connectivity index (χ1v) is 3.85. The van der Waals surface area contributed by atoms with Crippen LogP contribution in [0.5, 0.6) is 0 Å². The molecule has 4 N–H and O–H groups in total. The maximum atomic E-state index is 9.21. The first-order chi connectivity index (χ1) is 5.77. The van der Waals surface area contributed by atoms with Crippen LogP contribution in [-0.4, -0.2) is 16.8 Å². The molecule has 1 atom stereocenters. The van der Waals surface area contributed by atoms with Gasteiger partial charge in [-0.25, -0.2) is 0 Å². The van der Waals surface area contributed by atoms with Crippen LogP contribution >= 0.6 is 0 Å². The summed E-state index contributed by atoms with van der Waals surface area (Å²) in [5, 5.41) is 17.9. The van der Waals surface area contributed by atoms with Gasteiger partial charge in [0, 0.05) is 6.54 Å². The zero-order chi connectivity index (χ0) is 8.97. The molecule has 1 aromatic rings. The Morgan fingerprint density at radius 2 is 1.83 bits per heavy atom. The Labute approximate surface area is 71.5 Å². The smallest absolute Gasteiger partial charge is 0.102 e. The van der Waals surface area contributed by atoms with Crippen molar-refractivity contribution >= 4 is 0 Å². The lowest BCUT2D eigenvalue weighted by Crippen LogP contribution is -2.03. The molecular weight excluding hydrogens is 154 g/mol. The van der Waals surface area contributed by atoms with Gasteiger partial charge in [0.15, 0.2) is 0 Å². The quantitative estimate of drug-likeness (QED) is 0.601. The molecule has 0 amide bonds. The highest BCUT2D eigenvalue weighted by atomic mass is 16.3. The number of hydrogen-bond acceptors (Lipinski definition) is 3. The van der Waals surface area contributed by atoms with E-state index in [1.165, 1.54) is 0 Å². The van der Waals surface area contributed by atoms with Gasteiger partial charge in [0.05, 0.1) is 6.61 Å². The summed E-state index contributed by atoms with van der Waals surface area (Å²) in [6, 6.07) is 7.22. The van der Waals surface area contributed by atoms with Crippen molar-refractivity contribution < 1.29 is 10.2 Å². The highest BCUT2D eigenvalue weighted by molar-refractivity contribution is 5.23. The Morgan fingerprint density at radius 3 is 2.25 bits per heavy atom. The van der Waals surface area contributed by atoms with E-state index in [-0.39, 0.29) is 6.61 Å². The second-order valence-corrected chi connectivity index (χ2v) is 2.64. The lowest BCUT2D eigenvalue weighted by molar-refractivity contribution is 0.0956. The lowest BCUT2D eigenvalue weighted by Gasteiger charge is -2.07. The van der Waals surface area contributed by atoms with E-state index in [1.54, 1.807) is 12.1 Å². The molecule has 12 heavy (non-hydrogen) atoms. The highest BCUT2D eigenvalue weighted by Gasteiger charge is 2.03. The summed E-state index contributed by atoms with van der Waals surface area (Å²) >= 11 is 0. The van der Waals surface area contributed by atoms with E-state index in [1.807, 2.05) is 12.1 Å². The van der Waals surface area contributed by atoms with Gasteiger partial charge in [-0.15, -0.1) is 0 Å². The second kappa shape index (κ2) is 4.21. The van der Waals surface area contributed by atoms with Gasteiger partial charge in [-0.3, -0.25) is 0 Å². The maximum Gasteiger partial charge on any atom is 0.102 e. The second-order valence-electron chi connectivity index (χ2n) is 2.64. The van der Waals surface area contributed by atoms with E-state index in [0.717, 1.165) is 11.1 Å². The average Bonchev–Trinajstić information content (AvgIpc) is 2.17. The predicted octanol–water partition coefficient (Wildman–Crippen LogP) is 0.171. The summed E-state index contributed by atoms with van der Waals surface area (Å²) in [4.78, 5) is 0. The zero-order valence-electron chi connectivity index (χ0n) is 6.77. The third-order valence-corrected chi connectivity index (χ3v) is 1.77. The largest absolute Gasteiger partial charge is 0.393 e. The molecule has 0 aliphatic heterocycles. The van der Waals surface area contributed by atoms with E-state index >= 15 is 0 Å². The summed E-state index contributed by atoms with van der Waals surface area (Å²) in [5.41, 5.74) is 7.13. The fourth-order valence-electron chi connectivity index (χ4n) is 0.981. The molecular formula is C9H13NO2. The first kappa shape index (κ1) is 9.19. The Kier molecular flexibility index (Phi) is 3.22. The Morgan fingerprint density at radius 1 is 1.25 bits per heavy atom. The van der Waals surface area contributed by atoms with Gasteiger partial charge in [0.2, 0.25) is 0 Å². The van der Waals surface area contributed by atoms with E-state index < -0.39 is 6.10 Å². The van der Waals surface area contributed by atoms with Crippen molar-refractivity contribution in [3.63, 3.8) is 0 Å². The Bertz CT molecular complexity index is 233.